The normalized spacial score (nSPS) is 7.50. The van der Waals surface area contributed by atoms with E-state index in [9.17, 15) is 0 Å². The molecule has 0 atom stereocenters. The van der Waals surface area contributed by atoms with E-state index in [0.29, 0.717) is 0 Å². The minimum atomic E-state index is 0. The zero-order valence-corrected chi connectivity index (χ0v) is 4.36. The predicted molar refractivity (Wildman–Crippen MR) is 29.2 cm³/mol. The lowest BCUT2D eigenvalue weighted by Gasteiger charge is -1.75. The summed E-state index contributed by atoms with van der Waals surface area (Å²) in [6.07, 6.45) is 2.81. The highest BCUT2D eigenvalue weighted by atomic mass is 15.6. The lowest BCUT2D eigenvalue weighted by atomic mass is 11.1. The SMILES string of the molecule is C=Cn1ncnn1.N. The third kappa shape index (κ3) is 1.12. The summed E-state index contributed by atoms with van der Waals surface area (Å²) in [7, 11) is 0. The number of hydrogen-bond donors (Lipinski definition) is 1. The molecule has 0 radical (unpaired) electrons. The van der Waals surface area contributed by atoms with E-state index in [-0.39, 0.29) is 6.15 Å². The van der Waals surface area contributed by atoms with Crippen molar-refractivity contribution in [2.24, 2.45) is 0 Å². The van der Waals surface area contributed by atoms with Crippen molar-refractivity contribution in [3.05, 3.63) is 12.9 Å². The second-order valence-electron chi connectivity index (χ2n) is 0.939. The standard InChI is InChI=1S/C3H4N4.H3N/c1-2-7-5-3-4-6-7;/h2-3H,1H2;1H3. The van der Waals surface area contributed by atoms with E-state index >= 15 is 0 Å². The minimum Gasteiger partial charge on any atom is -0.344 e. The monoisotopic (exact) mass is 113 g/mol. The van der Waals surface area contributed by atoms with Crippen molar-refractivity contribution in [2.75, 3.05) is 0 Å². The molecule has 5 nitrogen and oxygen atoms in total. The van der Waals surface area contributed by atoms with Crippen LogP contribution in [0.25, 0.3) is 6.20 Å². The first kappa shape index (κ1) is 6.77. The summed E-state index contributed by atoms with van der Waals surface area (Å²) >= 11 is 0. The summed E-state index contributed by atoms with van der Waals surface area (Å²) in [4.78, 5) is 1.28. The van der Waals surface area contributed by atoms with Crippen LogP contribution in [0.15, 0.2) is 12.9 Å². The molecule has 5 heteroatoms. The first-order valence-corrected chi connectivity index (χ1v) is 1.78. The van der Waals surface area contributed by atoms with Crippen LogP contribution in [0.3, 0.4) is 0 Å². The fourth-order valence-corrected chi connectivity index (χ4v) is 0.259. The van der Waals surface area contributed by atoms with Crippen LogP contribution >= 0.6 is 0 Å². The largest absolute Gasteiger partial charge is 0.344 e. The van der Waals surface area contributed by atoms with Gasteiger partial charge in [-0.2, -0.15) is 0 Å². The van der Waals surface area contributed by atoms with Crippen molar-refractivity contribution in [3.8, 4) is 0 Å². The molecule has 0 unspecified atom stereocenters. The summed E-state index contributed by atoms with van der Waals surface area (Å²) < 4.78 is 0. The molecule has 0 aliphatic rings. The second kappa shape index (κ2) is 2.86. The molecule has 0 aromatic carbocycles. The van der Waals surface area contributed by atoms with Gasteiger partial charge >= 0.3 is 0 Å². The van der Waals surface area contributed by atoms with Gasteiger partial charge in [0, 0.05) is 6.20 Å². The number of hydrogen-bond acceptors (Lipinski definition) is 4. The molecule has 0 saturated heterocycles. The molecular weight excluding hydrogens is 106 g/mol. The Labute approximate surface area is 46.6 Å². The number of rotatable bonds is 1. The Morgan fingerprint density at radius 2 is 2.38 bits per heavy atom. The first-order valence-electron chi connectivity index (χ1n) is 1.78. The van der Waals surface area contributed by atoms with Crippen molar-refractivity contribution in [3.63, 3.8) is 0 Å². The first-order chi connectivity index (χ1) is 3.43. The van der Waals surface area contributed by atoms with E-state index in [1.807, 2.05) is 0 Å². The molecule has 0 bridgehead atoms. The van der Waals surface area contributed by atoms with Gasteiger partial charge in [-0.15, -0.1) is 15.0 Å². The highest BCUT2D eigenvalue weighted by molar-refractivity contribution is 5.06. The van der Waals surface area contributed by atoms with Crippen LogP contribution in [0.2, 0.25) is 0 Å². The van der Waals surface area contributed by atoms with Crippen molar-refractivity contribution in [1.82, 2.24) is 26.4 Å². The second-order valence-corrected chi connectivity index (χ2v) is 0.939. The predicted octanol–water partition coefficient (Wildman–Crippen LogP) is -0.0644. The Morgan fingerprint density at radius 3 is 2.62 bits per heavy atom. The molecule has 0 aliphatic heterocycles. The smallest absolute Gasteiger partial charge is 0.162 e. The summed E-state index contributed by atoms with van der Waals surface area (Å²) in [5.41, 5.74) is 0. The number of aromatic nitrogens is 4. The fraction of sp³-hybridized carbons (Fsp3) is 0. The van der Waals surface area contributed by atoms with Gasteiger partial charge in [-0.25, -0.2) is 0 Å². The Morgan fingerprint density at radius 1 is 1.62 bits per heavy atom. The molecule has 0 fully saturated rings. The molecule has 3 N–H and O–H groups in total. The lowest BCUT2D eigenvalue weighted by Crippen LogP contribution is -1.88. The summed E-state index contributed by atoms with van der Waals surface area (Å²) in [6, 6.07) is 0. The Balaban J connectivity index is 0.000000490. The van der Waals surface area contributed by atoms with Gasteiger partial charge in [0.2, 0.25) is 0 Å². The maximum Gasteiger partial charge on any atom is 0.162 e. The fourth-order valence-electron chi connectivity index (χ4n) is 0.259. The topological polar surface area (TPSA) is 78.6 Å². The molecule has 0 aliphatic carbocycles. The van der Waals surface area contributed by atoms with E-state index < -0.39 is 0 Å². The van der Waals surface area contributed by atoms with Gasteiger partial charge in [-0.1, -0.05) is 6.58 Å². The molecular formula is C3H7N5. The summed E-state index contributed by atoms with van der Waals surface area (Å²) in [6.45, 7) is 3.40. The molecule has 1 aromatic rings. The van der Waals surface area contributed by atoms with Gasteiger partial charge in [-0.05, 0) is 5.21 Å². The van der Waals surface area contributed by atoms with Gasteiger partial charge in [0.25, 0.3) is 0 Å². The third-order valence-electron chi connectivity index (χ3n) is 0.528. The molecule has 1 aromatic heterocycles. The van der Waals surface area contributed by atoms with E-state index in [1.165, 1.54) is 17.3 Å². The Kier molecular flexibility index (Phi) is 2.42. The van der Waals surface area contributed by atoms with Crippen LogP contribution in [0.4, 0.5) is 0 Å². The van der Waals surface area contributed by atoms with Gasteiger partial charge in [0.05, 0.1) is 0 Å². The molecule has 8 heavy (non-hydrogen) atoms. The van der Waals surface area contributed by atoms with Crippen LogP contribution in [0.5, 0.6) is 0 Å². The summed E-state index contributed by atoms with van der Waals surface area (Å²) in [5.74, 6) is 0. The molecule has 1 rings (SSSR count). The number of nitrogens with zero attached hydrogens (tertiary/aromatic N) is 4. The molecule has 0 saturated carbocycles. The third-order valence-corrected chi connectivity index (χ3v) is 0.528. The zero-order chi connectivity index (χ0) is 5.11. The van der Waals surface area contributed by atoms with Crippen LogP contribution < -0.4 is 6.15 Å². The van der Waals surface area contributed by atoms with E-state index in [2.05, 4.69) is 22.0 Å². The van der Waals surface area contributed by atoms with Crippen LogP contribution in [0.1, 0.15) is 0 Å². The zero-order valence-electron chi connectivity index (χ0n) is 4.36. The molecule has 0 amide bonds. The van der Waals surface area contributed by atoms with Crippen LogP contribution in [-0.2, 0) is 0 Å². The minimum absolute atomic E-state index is 0. The highest BCUT2D eigenvalue weighted by Crippen LogP contribution is 1.67. The highest BCUT2D eigenvalue weighted by Gasteiger charge is 1.76. The van der Waals surface area contributed by atoms with E-state index in [1.54, 1.807) is 0 Å². The Hall–Kier alpha value is -1.23. The van der Waals surface area contributed by atoms with E-state index in [0.717, 1.165) is 0 Å². The maximum atomic E-state index is 3.61. The average Bonchev–Trinajstić information content (AvgIpc) is 2.14. The summed E-state index contributed by atoms with van der Waals surface area (Å²) in [5, 5.41) is 10.5. The van der Waals surface area contributed by atoms with Crippen LogP contribution in [-0.4, -0.2) is 20.2 Å². The van der Waals surface area contributed by atoms with Crippen molar-refractivity contribution >= 4 is 6.20 Å². The van der Waals surface area contributed by atoms with Gasteiger partial charge < -0.3 is 6.15 Å². The lowest BCUT2D eigenvalue weighted by molar-refractivity contribution is 0.760. The molecule has 44 valence electrons. The molecule has 0 spiro atoms. The van der Waals surface area contributed by atoms with Gasteiger partial charge in [0.15, 0.2) is 6.33 Å². The van der Waals surface area contributed by atoms with Crippen LogP contribution in [0, 0.1) is 0 Å². The van der Waals surface area contributed by atoms with Crippen molar-refractivity contribution < 1.29 is 0 Å². The van der Waals surface area contributed by atoms with Crippen molar-refractivity contribution in [1.29, 1.82) is 0 Å². The Bertz CT molecular complexity index is 143. The van der Waals surface area contributed by atoms with E-state index in [4.69, 9.17) is 0 Å². The quantitative estimate of drug-likeness (QED) is 0.553. The van der Waals surface area contributed by atoms with Gasteiger partial charge in [-0.3, -0.25) is 0 Å². The van der Waals surface area contributed by atoms with Crippen molar-refractivity contribution in [2.45, 2.75) is 0 Å². The molecule has 1 heterocycles. The maximum absolute atomic E-state index is 3.61. The average molecular weight is 113 g/mol. The van der Waals surface area contributed by atoms with Gasteiger partial charge in [0.1, 0.15) is 0 Å². The number of tetrazole rings is 1.